The zero-order valence-electron chi connectivity index (χ0n) is 10.9. The highest BCUT2D eigenvalue weighted by Gasteiger charge is 2.00. The lowest BCUT2D eigenvalue weighted by atomic mass is 10.1. The van der Waals surface area contributed by atoms with Crippen molar-refractivity contribution in [1.82, 2.24) is 4.98 Å². The summed E-state index contributed by atoms with van der Waals surface area (Å²) < 4.78 is 4.79. The third-order valence-electron chi connectivity index (χ3n) is 2.49. The van der Waals surface area contributed by atoms with Gasteiger partial charge in [-0.25, -0.2) is 0 Å². The first kappa shape index (κ1) is 14.1. The van der Waals surface area contributed by atoms with Gasteiger partial charge in [-0.2, -0.15) is 0 Å². The zero-order valence-corrected chi connectivity index (χ0v) is 11.8. The van der Waals surface area contributed by atoms with Crippen LogP contribution in [0.2, 0.25) is 0 Å². The number of benzene rings is 1. The molecule has 20 heavy (non-hydrogen) atoms. The monoisotopic (exact) mass is 287 g/mol. The number of rotatable bonds is 3. The van der Waals surface area contributed by atoms with Gasteiger partial charge in [-0.1, -0.05) is 35.3 Å². The third-order valence-corrected chi connectivity index (χ3v) is 3.16. The average molecular weight is 287 g/mol. The Balaban J connectivity index is 2.04. The highest BCUT2D eigenvalue weighted by atomic mass is 32.1. The number of esters is 1. The summed E-state index contributed by atoms with van der Waals surface area (Å²) in [6, 6.07) is 7.46. The molecule has 1 aromatic carbocycles. The van der Waals surface area contributed by atoms with Crippen molar-refractivity contribution < 1.29 is 9.53 Å². The SMILES string of the molecule is CCOC(=O)CC#Cc1ccc(-c2csc(=O)[nH]2)cc1. The maximum atomic E-state index is 11.1. The summed E-state index contributed by atoms with van der Waals surface area (Å²) in [5.41, 5.74) is 2.54. The number of aromatic amines is 1. The molecule has 2 aromatic rings. The first-order chi connectivity index (χ1) is 9.69. The smallest absolute Gasteiger partial charge is 0.317 e. The molecule has 0 aliphatic carbocycles. The van der Waals surface area contributed by atoms with Crippen molar-refractivity contribution in [1.29, 1.82) is 0 Å². The fraction of sp³-hybridized carbons (Fsp3) is 0.200. The van der Waals surface area contributed by atoms with E-state index in [2.05, 4.69) is 16.8 Å². The Morgan fingerprint density at radius 3 is 2.70 bits per heavy atom. The molecule has 0 radical (unpaired) electrons. The van der Waals surface area contributed by atoms with E-state index in [1.807, 2.05) is 24.3 Å². The lowest BCUT2D eigenvalue weighted by molar-refractivity contribution is -0.141. The number of aromatic nitrogens is 1. The molecule has 0 bridgehead atoms. The molecule has 0 spiro atoms. The molecule has 5 heteroatoms. The van der Waals surface area contributed by atoms with E-state index in [0.717, 1.165) is 28.2 Å². The quantitative estimate of drug-likeness (QED) is 0.696. The van der Waals surface area contributed by atoms with Crippen LogP contribution in [0.25, 0.3) is 11.3 Å². The Morgan fingerprint density at radius 2 is 2.10 bits per heavy atom. The first-order valence-electron chi connectivity index (χ1n) is 6.12. The number of H-pyrrole nitrogens is 1. The summed E-state index contributed by atoms with van der Waals surface area (Å²) in [6.45, 7) is 2.13. The van der Waals surface area contributed by atoms with Crippen LogP contribution in [0.15, 0.2) is 34.4 Å². The van der Waals surface area contributed by atoms with Crippen LogP contribution in [-0.2, 0) is 9.53 Å². The Hall–Kier alpha value is -2.32. The predicted octanol–water partition coefficient (Wildman–Crippen LogP) is 2.41. The van der Waals surface area contributed by atoms with Crippen LogP contribution in [0.1, 0.15) is 18.9 Å². The number of carbonyl (C=O) groups is 1. The van der Waals surface area contributed by atoms with Crippen molar-refractivity contribution in [2.24, 2.45) is 0 Å². The molecule has 0 atom stereocenters. The molecule has 2 rings (SSSR count). The minimum atomic E-state index is -0.313. The second-order valence-electron chi connectivity index (χ2n) is 3.92. The van der Waals surface area contributed by atoms with Gasteiger partial charge in [-0.15, -0.1) is 0 Å². The molecule has 0 aliphatic rings. The van der Waals surface area contributed by atoms with Gasteiger partial charge >= 0.3 is 10.8 Å². The third kappa shape index (κ3) is 3.84. The van der Waals surface area contributed by atoms with E-state index in [0.29, 0.717) is 6.61 Å². The first-order valence-corrected chi connectivity index (χ1v) is 6.99. The topological polar surface area (TPSA) is 59.2 Å². The molecule has 0 amide bonds. The van der Waals surface area contributed by atoms with Gasteiger partial charge in [0.05, 0.1) is 12.3 Å². The molecule has 1 aromatic heterocycles. The van der Waals surface area contributed by atoms with E-state index in [1.54, 1.807) is 12.3 Å². The van der Waals surface area contributed by atoms with Crippen molar-refractivity contribution in [2.75, 3.05) is 6.61 Å². The number of nitrogens with one attached hydrogen (secondary N) is 1. The van der Waals surface area contributed by atoms with Gasteiger partial charge in [-0.3, -0.25) is 9.59 Å². The predicted molar refractivity (Wildman–Crippen MR) is 78.5 cm³/mol. The standard InChI is InChI=1S/C15H13NO3S/c1-2-19-14(17)5-3-4-11-6-8-12(9-7-11)13-10-20-15(18)16-13/h6-10H,2,5H2,1H3,(H,16,18). The lowest BCUT2D eigenvalue weighted by Crippen LogP contribution is -2.01. The number of carbonyl (C=O) groups excluding carboxylic acids is 1. The summed E-state index contributed by atoms with van der Waals surface area (Å²) in [7, 11) is 0. The number of thiazole rings is 1. The van der Waals surface area contributed by atoms with Crippen LogP contribution in [0.3, 0.4) is 0 Å². The summed E-state index contributed by atoms with van der Waals surface area (Å²) in [4.78, 5) is 24.9. The molecule has 0 unspecified atom stereocenters. The van der Waals surface area contributed by atoms with Gasteiger partial charge in [0.1, 0.15) is 6.42 Å². The molecule has 1 heterocycles. The fourth-order valence-electron chi connectivity index (χ4n) is 1.59. The highest BCUT2D eigenvalue weighted by molar-refractivity contribution is 7.07. The van der Waals surface area contributed by atoms with Crippen molar-refractivity contribution in [3.63, 3.8) is 0 Å². The fourth-order valence-corrected chi connectivity index (χ4v) is 2.17. The van der Waals surface area contributed by atoms with Gasteiger partial charge in [-0.05, 0) is 24.6 Å². The molecule has 1 N–H and O–H groups in total. The molecular weight excluding hydrogens is 274 g/mol. The highest BCUT2D eigenvalue weighted by Crippen LogP contribution is 2.17. The minimum Gasteiger partial charge on any atom is -0.465 e. The average Bonchev–Trinajstić information content (AvgIpc) is 2.86. The van der Waals surface area contributed by atoms with Crippen LogP contribution in [0.4, 0.5) is 0 Å². The van der Waals surface area contributed by atoms with Crippen LogP contribution in [0.5, 0.6) is 0 Å². The van der Waals surface area contributed by atoms with Gasteiger partial charge in [0.25, 0.3) is 0 Å². The Bertz CT molecular complexity index is 701. The summed E-state index contributed by atoms with van der Waals surface area (Å²) >= 11 is 1.13. The van der Waals surface area contributed by atoms with E-state index < -0.39 is 0 Å². The van der Waals surface area contributed by atoms with Crippen molar-refractivity contribution in [3.8, 4) is 23.1 Å². The summed E-state index contributed by atoms with van der Waals surface area (Å²) in [5, 5.41) is 1.78. The molecular formula is C15H13NO3S. The van der Waals surface area contributed by atoms with Crippen LogP contribution in [-0.4, -0.2) is 17.6 Å². The van der Waals surface area contributed by atoms with E-state index in [9.17, 15) is 9.59 Å². The minimum absolute atomic E-state index is 0.0710. The van der Waals surface area contributed by atoms with E-state index in [-0.39, 0.29) is 17.3 Å². The summed E-state index contributed by atoms with van der Waals surface area (Å²) in [5.74, 6) is 5.35. The van der Waals surface area contributed by atoms with Crippen molar-refractivity contribution in [2.45, 2.75) is 13.3 Å². The molecule has 0 saturated carbocycles. The zero-order chi connectivity index (χ0) is 14.4. The van der Waals surface area contributed by atoms with Crippen molar-refractivity contribution in [3.05, 3.63) is 44.9 Å². The van der Waals surface area contributed by atoms with E-state index >= 15 is 0 Å². The van der Waals surface area contributed by atoms with Gasteiger partial charge in [0.2, 0.25) is 0 Å². The van der Waals surface area contributed by atoms with E-state index in [1.165, 1.54) is 0 Å². The Kier molecular flexibility index (Phi) is 4.75. The van der Waals surface area contributed by atoms with Crippen molar-refractivity contribution >= 4 is 17.3 Å². The number of hydrogen-bond acceptors (Lipinski definition) is 4. The number of hydrogen-bond donors (Lipinski definition) is 1. The van der Waals surface area contributed by atoms with Crippen LogP contribution < -0.4 is 4.87 Å². The molecule has 102 valence electrons. The van der Waals surface area contributed by atoms with Gasteiger partial charge in [0.15, 0.2) is 0 Å². The van der Waals surface area contributed by atoms with Crippen LogP contribution >= 0.6 is 11.3 Å². The van der Waals surface area contributed by atoms with Crippen LogP contribution in [0, 0.1) is 11.8 Å². The maximum Gasteiger partial charge on any atom is 0.317 e. The molecule has 0 saturated heterocycles. The largest absolute Gasteiger partial charge is 0.465 e. The van der Waals surface area contributed by atoms with E-state index in [4.69, 9.17) is 4.74 Å². The molecule has 0 fully saturated rings. The second kappa shape index (κ2) is 6.73. The Morgan fingerprint density at radius 1 is 1.35 bits per heavy atom. The Labute approximate surface area is 120 Å². The van der Waals surface area contributed by atoms with Gasteiger partial charge in [0, 0.05) is 10.9 Å². The lowest BCUT2D eigenvalue weighted by Gasteiger charge is -1.97. The maximum absolute atomic E-state index is 11.1. The second-order valence-corrected chi connectivity index (χ2v) is 4.76. The molecule has 0 aliphatic heterocycles. The molecule has 4 nitrogen and oxygen atoms in total. The number of ether oxygens (including phenoxy) is 1. The summed E-state index contributed by atoms with van der Waals surface area (Å²) in [6.07, 6.45) is 0.0907. The normalized spacial score (nSPS) is 9.65. The van der Waals surface area contributed by atoms with Gasteiger partial charge < -0.3 is 9.72 Å².